The Morgan fingerprint density at radius 1 is 1.31 bits per heavy atom. The molecular formula is C18H17N3O3S2. The van der Waals surface area contributed by atoms with Crippen LogP contribution < -0.4 is 0 Å². The maximum atomic E-state index is 12.4. The van der Waals surface area contributed by atoms with E-state index in [4.69, 9.17) is 0 Å². The number of nitro benzene ring substituents is 1. The van der Waals surface area contributed by atoms with Gasteiger partial charge in [0.25, 0.3) is 5.69 Å². The van der Waals surface area contributed by atoms with E-state index in [9.17, 15) is 14.9 Å². The Labute approximate surface area is 159 Å². The number of hydrogen-bond donors (Lipinski definition) is 0. The third-order valence-corrected chi connectivity index (χ3v) is 6.12. The fraction of sp³-hybridized carbons (Fsp3) is 0.222. The molecule has 8 heteroatoms. The summed E-state index contributed by atoms with van der Waals surface area (Å²) in [6.07, 6.45) is 0. The molecule has 1 amide bonds. The van der Waals surface area contributed by atoms with Gasteiger partial charge >= 0.3 is 0 Å². The summed E-state index contributed by atoms with van der Waals surface area (Å²) in [5, 5.41) is 10.8. The maximum absolute atomic E-state index is 12.4. The molecule has 0 unspecified atom stereocenters. The molecule has 0 bridgehead atoms. The molecule has 0 saturated carbocycles. The first-order valence-corrected chi connectivity index (χ1v) is 9.70. The van der Waals surface area contributed by atoms with Crippen molar-refractivity contribution in [2.75, 3.05) is 12.8 Å². The summed E-state index contributed by atoms with van der Waals surface area (Å²) in [6, 6.07) is 12.6. The normalized spacial score (nSPS) is 10.8. The number of carbonyl (C=O) groups excluding carboxylic acids is 1. The van der Waals surface area contributed by atoms with E-state index in [-0.39, 0.29) is 17.3 Å². The monoisotopic (exact) mass is 387 g/mol. The Bertz CT molecular complexity index is 971. The predicted molar refractivity (Wildman–Crippen MR) is 105 cm³/mol. The van der Waals surface area contributed by atoms with Crippen molar-refractivity contribution in [1.82, 2.24) is 9.88 Å². The van der Waals surface area contributed by atoms with Crippen molar-refractivity contribution in [1.29, 1.82) is 0 Å². The summed E-state index contributed by atoms with van der Waals surface area (Å²) in [4.78, 5) is 28.9. The average molecular weight is 387 g/mol. The summed E-state index contributed by atoms with van der Waals surface area (Å²) in [5.74, 6) is 0.299. The molecule has 3 aromatic rings. The van der Waals surface area contributed by atoms with Crippen LogP contribution in [0.5, 0.6) is 0 Å². The summed E-state index contributed by atoms with van der Waals surface area (Å²) in [6.45, 7) is 2.60. The Hall–Kier alpha value is -2.45. The van der Waals surface area contributed by atoms with Crippen molar-refractivity contribution in [3.63, 3.8) is 0 Å². The minimum Gasteiger partial charge on any atom is -0.341 e. The smallest absolute Gasteiger partial charge is 0.270 e. The van der Waals surface area contributed by atoms with Crippen molar-refractivity contribution in [3.8, 4) is 0 Å². The SMILES string of the molecule is Cc1ccccc1CN(C)C(=O)CSc1nc2ccc([N+](=O)[O-])cc2s1. The number of carbonyl (C=O) groups is 1. The van der Waals surface area contributed by atoms with Gasteiger partial charge in [-0.3, -0.25) is 14.9 Å². The van der Waals surface area contributed by atoms with Crippen LogP contribution in [0.15, 0.2) is 46.8 Å². The van der Waals surface area contributed by atoms with Gasteiger partial charge in [-0.05, 0) is 24.1 Å². The fourth-order valence-corrected chi connectivity index (χ4v) is 4.47. The minimum atomic E-state index is -0.421. The molecule has 2 aromatic carbocycles. The van der Waals surface area contributed by atoms with E-state index >= 15 is 0 Å². The molecule has 0 fully saturated rings. The molecule has 0 aliphatic carbocycles. The number of non-ortho nitro benzene ring substituents is 1. The third-order valence-electron chi connectivity index (χ3n) is 3.98. The molecule has 0 spiro atoms. The first kappa shape index (κ1) is 18.3. The van der Waals surface area contributed by atoms with Crippen LogP contribution in [0, 0.1) is 17.0 Å². The number of hydrogen-bond acceptors (Lipinski definition) is 6. The van der Waals surface area contributed by atoms with E-state index in [0.717, 1.165) is 20.2 Å². The van der Waals surface area contributed by atoms with E-state index < -0.39 is 4.92 Å². The maximum Gasteiger partial charge on any atom is 0.270 e. The van der Waals surface area contributed by atoms with E-state index in [2.05, 4.69) is 4.98 Å². The molecule has 134 valence electrons. The number of amides is 1. The summed E-state index contributed by atoms with van der Waals surface area (Å²) in [7, 11) is 1.79. The van der Waals surface area contributed by atoms with E-state index in [1.54, 1.807) is 18.0 Å². The number of benzene rings is 2. The Morgan fingerprint density at radius 3 is 2.81 bits per heavy atom. The summed E-state index contributed by atoms with van der Waals surface area (Å²) >= 11 is 2.72. The fourth-order valence-electron chi connectivity index (χ4n) is 2.43. The van der Waals surface area contributed by atoms with Crippen molar-refractivity contribution in [2.45, 2.75) is 17.8 Å². The van der Waals surface area contributed by atoms with Gasteiger partial charge in [-0.1, -0.05) is 36.0 Å². The van der Waals surface area contributed by atoms with Crippen LogP contribution in [0.3, 0.4) is 0 Å². The lowest BCUT2D eigenvalue weighted by molar-refractivity contribution is -0.384. The van der Waals surface area contributed by atoms with Gasteiger partial charge in [0.2, 0.25) is 5.91 Å². The quantitative estimate of drug-likeness (QED) is 0.359. The number of thiazole rings is 1. The molecule has 0 aliphatic rings. The van der Waals surface area contributed by atoms with E-state index in [1.807, 2.05) is 31.2 Å². The average Bonchev–Trinajstić information content (AvgIpc) is 3.03. The van der Waals surface area contributed by atoms with Crippen LogP contribution in [0.2, 0.25) is 0 Å². The number of thioether (sulfide) groups is 1. The Morgan fingerprint density at radius 2 is 2.08 bits per heavy atom. The number of aromatic nitrogens is 1. The molecule has 0 radical (unpaired) electrons. The van der Waals surface area contributed by atoms with E-state index in [0.29, 0.717) is 12.1 Å². The molecule has 0 N–H and O–H groups in total. The van der Waals surface area contributed by atoms with Gasteiger partial charge in [-0.15, -0.1) is 11.3 Å². The largest absolute Gasteiger partial charge is 0.341 e. The molecule has 0 aliphatic heterocycles. The number of aryl methyl sites for hydroxylation is 1. The van der Waals surface area contributed by atoms with E-state index in [1.165, 1.54) is 35.2 Å². The molecule has 26 heavy (non-hydrogen) atoms. The zero-order valence-corrected chi connectivity index (χ0v) is 16.0. The highest BCUT2D eigenvalue weighted by Gasteiger charge is 2.14. The van der Waals surface area contributed by atoms with Crippen molar-refractivity contribution < 1.29 is 9.72 Å². The third kappa shape index (κ3) is 4.20. The second kappa shape index (κ2) is 7.84. The number of nitro groups is 1. The Balaban J connectivity index is 1.62. The van der Waals surface area contributed by atoms with Crippen LogP contribution in [0.1, 0.15) is 11.1 Å². The number of fused-ring (bicyclic) bond motifs is 1. The van der Waals surface area contributed by atoms with Crippen molar-refractivity contribution in [3.05, 3.63) is 63.7 Å². The first-order chi connectivity index (χ1) is 12.4. The standard InChI is InChI=1S/C18H17N3O3S2/c1-12-5-3-4-6-13(12)10-20(2)17(22)11-25-18-19-15-8-7-14(21(23)24)9-16(15)26-18/h3-9H,10-11H2,1-2H3. The van der Waals surface area contributed by atoms with Gasteiger partial charge in [-0.2, -0.15) is 0 Å². The van der Waals surface area contributed by atoms with Crippen LogP contribution in [-0.2, 0) is 11.3 Å². The molecule has 0 saturated heterocycles. The van der Waals surface area contributed by atoms with Gasteiger partial charge in [0, 0.05) is 25.7 Å². The van der Waals surface area contributed by atoms with Gasteiger partial charge in [-0.25, -0.2) is 4.98 Å². The lowest BCUT2D eigenvalue weighted by Crippen LogP contribution is -2.28. The highest BCUT2D eigenvalue weighted by Crippen LogP contribution is 2.31. The highest BCUT2D eigenvalue weighted by atomic mass is 32.2. The lowest BCUT2D eigenvalue weighted by Gasteiger charge is -2.18. The minimum absolute atomic E-state index is 0.0171. The van der Waals surface area contributed by atoms with Gasteiger partial charge < -0.3 is 4.90 Å². The zero-order chi connectivity index (χ0) is 18.7. The predicted octanol–water partition coefficient (Wildman–Crippen LogP) is 4.26. The molecule has 3 rings (SSSR count). The second-order valence-electron chi connectivity index (χ2n) is 5.85. The van der Waals surface area contributed by atoms with Gasteiger partial charge in [0.1, 0.15) is 0 Å². The number of rotatable bonds is 6. The van der Waals surface area contributed by atoms with Crippen molar-refractivity contribution >= 4 is 44.9 Å². The van der Waals surface area contributed by atoms with Crippen LogP contribution in [0.25, 0.3) is 10.2 Å². The van der Waals surface area contributed by atoms with Gasteiger partial charge in [0.05, 0.1) is 20.9 Å². The van der Waals surface area contributed by atoms with Crippen LogP contribution in [-0.4, -0.2) is 33.5 Å². The van der Waals surface area contributed by atoms with Crippen LogP contribution in [0.4, 0.5) is 5.69 Å². The lowest BCUT2D eigenvalue weighted by atomic mass is 10.1. The Kier molecular flexibility index (Phi) is 5.53. The number of nitrogens with zero attached hydrogens (tertiary/aromatic N) is 3. The summed E-state index contributed by atoms with van der Waals surface area (Å²) < 4.78 is 1.49. The van der Waals surface area contributed by atoms with Crippen LogP contribution >= 0.6 is 23.1 Å². The molecule has 6 nitrogen and oxygen atoms in total. The highest BCUT2D eigenvalue weighted by molar-refractivity contribution is 8.01. The molecular weight excluding hydrogens is 370 g/mol. The topological polar surface area (TPSA) is 76.3 Å². The van der Waals surface area contributed by atoms with Gasteiger partial charge in [0.15, 0.2) is 4.34 Å². The molecule has 1 heterocycles. The zero-order valence-electron chi connectivity index (χ0n) is 14.3. The second-order valence-corrected chi connectivity index (χ2v) is 8.11. The molecule has 1 aromatic heterocycles. The summed E-state index contributed by atoms with van der Waals surface area (Å²) in [5.41, 5.74) is 3.05. The first-order valence-electron chi connectivity index (χ1n) is 7.90. The molecule has 0 atom stereocenters. The van der Waals surface area contributed by atoms with Crippen molar-refractivity contribution in [2.24, 2.45) is 0 Å².